The van der Waals surface area contributed by atoms with Gasteiger partial charge in [0.05, 0.1) is 17.6 Å². The number of aliphatic hydroxyl groups is 1. The van der Waals surface area contributed by atoms with Crippen LogP contribution in [0.15, 0.2) is 48.5 Å². The average molecular weight is 338 g/mol. The van der Waals surface area contributed by atoms with Gasteiger partial charge in [-0.15, -0.1) is 0 Å². The van der Waals surface area contributed by atoms with Gasteiger partial charge in [-0.05, 0) is 42.7 Å². The van der Waals surface area contributed by atoms with E-state index in [1.54, 1.807) is 0 Å². The molecule has 0 bridgehead atoms. The molecule has 1 atom stereocenters. The molecule has 4 heteroatoms. The average Bonchev–Trinajstić information content (AvgIpc) is 2.98. The normalized spacial score (nSPS) is 12.4. The third-order valence-corrected chi connectivity index (χ3v) is 4.37. The zero-order chi connectivity index (χ0) is 17.6. The fraction of sp³-hybridized carbons (Fsp3) is 0.381. The van der Waals surface area contributed by atoms with E-state index < -0.39 is 6.10 Å². The maximum Gasteiger partial charge on any atom is 0.119 e. The van der Waals surface area contributed by atoms with Gasteiger partial charge >= 0.3 is 0 Å². The smallest absolute Gasteiger partial charge is 0.119 e. The van der Waals surface area contributed by atoms with Crippen molar-refractivity contribution in [2.24, 2.45) is 0 Å². The number of benzene rings is 2. The van der Waals surface area contributed by atoms with E-state index in [2.05, 4.69) is 36.6 Å². The van der Waals surface area contributed by atoms with Crippen LogP contribution >= 0.6 is 0 Å². The highest BCUT2D eigenvalue weighted by atomic mass is 16.5. The van der Waals surface area contributed by atoms with Crippen molar-refractivity contribution in [3.8, 4) is 5.75 Å². The van der Waals surface area contributed by atoms with Crippen LogP contribution in [0.4, 0.5) is 0 Å². The van der Waals surface area contributed by atoms with Crippen LogP contribution in [-0.4, -0.2) is 27.4 Å². The lowest BCUT2D eigenvalue weighted by molar-refractivity contribution is 0.0927. The van der Waals surface area contributed by atoms with Crippen molar-refractivity contribution in [1.82, 2.24) is 9.55 Å². The molecule has 0 amide bonds. The Bertz CT molecular complexity index is 808. The number of aromatic nitrogens is 2. The minimum Gasteiger partial charge on any atom is -0.491 e. The lowest BCUT2D eigenvalue weighted by Gasteiger charge is -2.15. The molecule has 0 saturated carbocycles. The fourth-order valence-corrected chi connectivity index (χ4v) is 3.02. The van der Waals surface area contributed by atoms with Gasteiger partial charge in [0, 0.05) is 6.42 Å². The molecule has 0 unspecified atom stereocenters. The molecule has 0 saturated heterocycles. The zero-order valence-corrected chi connectivity index (χ0v) is 15.0. The van der Waals surface area contributed by atoms with Crippen molar-refractivity contribution < 1.29 is 9.84 Å². The molecule has 0 aliphatic heterocycles. The summed E-state index contributed by atoms with van der Waals surface area (Å²) in [5.41, 5.74) is 3.33. The third kappa shape index (κ3) is 4.20. The Balaban J connectivity index is 1.68. The number of ether oxygens (including phenoxy) is 1. The molecule has 0 aliphatic rings. The second kappa shape index (κ2) is 8.17. The van der Waals surface area contributed by atoms with E-state index >= 15 is 0 Å². The van der Waals surface area contributed by atoms with Crippen LogP contribution in [0, 0.1) is 0 Å². The van der Waals surface area contributed by atoms with Gasteiger partial charge in [-0.3, -0.25) is 0 Å². The molecule has 0 radical (unpaired) electrons. The van der Waals surface area contributed by atoms with Crippen molar-refractivity contribution in [2.75, 3.05) is 6.61 Å². The molecule has 1 aromatic heterocycles. The number of hydrogen-bond donors (Lipinski definition) is 1. The van der Waals surface area contributed by atoms with Gasteiger partial charge in [0.1, 0.15) is 24.3 Å². The minimum absolute atomic E-state index is 0.267. The van der Waals surface area contributed by atoms with Gasteiger partial charge in [0.15, 0.2) is 0 Å². The highest BCUT2D eigenvalue weighted by Gasteiger charge is 2.14. The lowest BCUT2D eigenvalue weighted by Crippen LogP contribution is -2.24. The second-order valence-corrected chi connectivity index (χ2v) is 6.34. The first-order valence-corrected chi connectivity index (χ1v) is 9.05. The van der Waals surface area contributed by atoms with Crippen LogP contribution < -0.4 is 4.74 Å². The highest BCUT2D eigenvalue weighted by Crippen LogP contribution is 2.18. The van der Waals surface area contributed by atoms with E-state index in [9.17, 15) is 5.11 Å². The summed E-state index contributed by atoms with van der Waals surface area (Å²) in [4.78, 5) is 4.70. The number of hydrogen-bond acceptors (Lipinski definition) is 3. The summed E-state index contributed by atoms with van der Waals surface area (Å²) in [7, 11) is 0. The van der Waals surface area contributed by atoms with Crippen LogP contribution in [0.3, 0.4) is 0 Å². The SMILES string of the molecule is CCCc1nc2ccccc2n1C[C@H](O)COc1ccc(CC)cc1. The number of nitrogens with zero attached hydrogens (tertiary/aromatic N) is 2. The highest BCUT2D eigenvalue weighted by molar-refractivity contribution is 5.75. The molecule has 25 heavy (non-hydrogen) atoms. The number of para-hydroxylation sites is 2. The maximum atomic E-state index is 10.5. The van der Waals surface area contributed by atoms with Crippen molar-refractivity contribution in [3.63, 3.8) is 0 Å². The Morgan fingerprint density at radius 3 is 2.56 bits per heavy atom. The number of aryl methyl sites for hydroxylation is 2. The molecule has 1 N–H and O–H groups in total. The van der Waals surface area contributed by atoms with E-state index in [1.807, 2.05) is 30.3 Å². The number of rotatable bonds is 8. The maximum absolute atomic E-state index is 10.5. The third-order valence-electron chi connectivity index (χ3n) is 4.37. The van der Waals surface area contributed by atoms with Gasteiger partial charge in [-0.2, -0.15) is 0 Å². The van der Waals surface area contributed by atoms with E-state index in [0.717, 1.165) is 41.9 Å². The summed E-state index contributed by atoms with van der Waals surface area (Å²) >= 11 is 0. The second-order valence-electron chi connectivity index (χ2n) is 6.34. The summed E-state index contributed by atoms with van der Waals surface area (Å²) in [6, 6.07) is 16.1. The van der Waals surface area contributed by atoms with E-state index in [-0.39, 0.29) is 6.61 Å². The molecule has 1 heterocycles. The first-order chi connectivity index (χ1) is 12.2. The molecular formula is C21H26N2O2. The first kappa shape index (κ1) is 17.5. The molecule has 4 nitrogen and oxygen atoms in total. The summed E-state index contributed by atoms with van der Waals surface area (Å²) in [6.45, 7) is 5.03. The standard InChI is InChI=1S/C21H26N2O2/c1-3-7-21-22-19-8-5-6-9-20(19)23(21)14-17(24)15-25-18-12-10-16(4-2)11-13-18/h5-6,8-13,17,24H,3-4,7,14-15H2,1-2H3/t17-/m0/s1. The molecule has 3 rings (SSSR count). The Morgan fingerprint density at radius 2 is 1.84 bits per heavy atom. The summed E-state index contributed by atoms with van der Waals surface area (Å²) < 4.78 is 7.86. The Kier molecular flexibility index (Phi) is 5.71. The van der Waals surface area contributed by atoms with Crippen LogP contribution in [0.5, 0.6) is 5.75 Å². The Hall–Kier alpha value is -2.33. The van der Waals surface area contributed by atoms with Crippen molar-refractivity contribution >= 4 is 11.0 Å². The van der Waals surface area contributed by atoms with Crippen molar-refractivity contribution in [1.29, 1.82) is 0 Å². The van der Waals surface area contributed by atoms with E-state index in [1.165, 1.54) is 5.56 Å². The largest absolute Gasteiger partial charge is 0.491 e. The molecule has 0 spiro atoms. The van der Waals surface area contributed by atoms with Crippen LogP contribution in [0.2, 0.25) is 0 Å². The van der Waals surface area contributed by atoms with Gasteiger partial charge in [-0.25, -0.2) is 4.98 Å². The van der Waals surface area contributed by atoms with Crippen molar-refractivity contribution in [3.05, 3.63) is 59.9 Å². The predicted molar refractivity (Wildman–Crippen MR) is 101 cm³/mol. The topological polar surface area (TPSA) is 47.3 Å². The molecule has 132 valence electrons. The lowest BCUT2D eigenvalue weighted by atomic mass is 10.2. The fourth-order valence-electron chi connectivity index (χ4n) is 3.02. The van der Waals surface area contributed by atoms with Crippen LogP contribution in [0.1, 0.15) is 31.7 Å². The first-order valence-electron chi connectivity index (χ1n) is 9.05. The van der Waals surface area contributed by atoms with E-state index in [4.69, 9.17) is 9.72 Å². The van der Waals surface area contributed by atoms with E-state index in [0.29, 0.717) is 6.54 Å². The number of aliphatic hydroxyl groups excluding tert-OH is 1. The van der Waals surface area contributed by atoms with Gasteiger partial charge in [0.25, 0.3) is 0 Å². The number of imidazole rings is 1. The summed E-state index contributed by atoms with van der Waals surface area (Å²) in [5.74, 6) is 1.82. The molecule has 3 aromatic rings. The van der Waals surface area contributed by atoms with Gasteiger partial charge in [0.2, 0.25) is 0 Å². The predicted octanol–water partition coefficient (Wildman–Crippen LogP) is 3.99. The van der Waals surface area contributed by atoms with Gasteiger partial charge < -0.3 is 14.4 Å². The zero-order valence-electron chi connectivity index (χ0n) is 15.0. The number of fused-ring (bicyclic) bond motifs is 1. The molecule has 0 fully saturated rings. The van der Waals surface area contributed by atoms with Crippen LogP contribution in [0.25, 0.3) is 11.0 Å². The Labute approximate surface area is 149 Å². The quantitative estimate of drug-likeness (QED) is 0.675. The molecular weight excluding hydrogens is 312 g/mol. The summed E-state index contributed by atoms with van der Waals surface area (Å²) in [6.07, 6.45) is 2.36. The summed E-state index contributed by atoms with van der Waals surface area (Å²) in [5, 5.41) is 10.5. The molecule has 2 aromatic carbocycles. The minimum atomic E-state index is -0.584. The molecule has 0 aliphatic carbocycles. The Morgan fingerprint density at radius 1 is 1.08 bits per heavy atom. The van der Waals surface area contributed by atoms with Crippen molar-refractivity contribution in [2.45, 2.75) is 45.8 Å². The van der Waals surface area contributed by atoms with Gasteiger partial charge in [-0.1, -0.05) is 38.1 Å². The monoisotopic (exact) mass is 338 g/mol. The van der Waals surface area contributed by atoms with Crippen LogP contribution in [-0.2, 0) is 19.4 Å².